The second kappa shape index (κ2) is 24.3. The number of benzene rings is 3. The fourth-order valence-corrected chi connectivity index (χ4v) is 11.9. The van der Waals surface area contributed by atoms with Gasteiger partial charge in [-0.25, -0.2) is 4.98 Å². The Bertz CT molecular complexity index is 2690. The molecule has 0 radical (unpaired) electrons. The number of ether oxygens (including phenoxy) is 3. The maximum Gasteiger partial charge on any atom is 0.323 e. The Morgan fingerprint density at radius 2 is 1.69 bits per heavy atom. The van der Waals surface area contributed by atoms with E-state index in [9.17, 15) is 29.2 Å². The van der Waals surface area contributed by atoms with Gasteiger partial charge in [0.15, 0.2) is 0 Å². The molecule has 1 aliphatic carbocycles. The van der Waals surface area contributed by atoms with E-state index in [0.29, 0.717) is 47.9 Å². The topological polar surface area (TPSA) is 213 Å². The zero-order valence-electron chi connectivity index (χ0n) is 44.6. The van der Waals surface area contributed by atoms with Crippen LogP contribution in [0.3, 0.4) is 0 Å². The zero-order valence-corrected chi connectivity index (χ0v) is 46.2. The van der Waals surface area contributed by atoms with Crippen LogP contribution in [0.5, 0.6) is 5.75 Å². The largest absolute Gasteiger partial charge is 0.489 e. The number of anilines is 1. The number of likely N-dealkylation sites (tertiary alicyclic amines) is 1. The molecule has 5 N–H and O–H groups in total. The normalized spacial score (nSPS) is 21.5. The van der Waals surface area contributed by atoms with Gasteiger partial charge in [0.2, 0.25) is 17.7 Å². The summed E-state index contributed by atoms with van der Waals surface area (Å²) in [6.45, 7) is 19.2. The Labute approximate surface area is 450 Å². The van der Waals surface area contributed by atoms with Gasteiger partial charge in [-0.05, 0) is 105 Å². The van der Waals surface area contributed by atoms with Crippen molar-refractivity contribution in [2.45, 2.75) is 143 Å². The summed E-state index contributed by atoms with van der Waals surface area (Å²) in [6.07, 6.45) is 3.13. The Morgan fingerprint density at radius 1 is 0.973 bits per heavy atom. The number of nitrogens with one attached hydrogen (secondary N) is 5. The summed E-state index contributed by atoms with van der Waals surface area (Å²) in [4.78, 5) is 75.5. The highest BCUT2D eigenvalue weighted by Gasteiger charge is 2.64. The summed E-state index contributed by atoms with van der Waals surface area (Å²) in [5.41, 5.74) is 5.01. The van der Waals surface area contributed by atoms with Crippen molar-refractivity contribution in [3.05, 3.63) is 99.6 Å². The van der Waals surface area contributed by atoms with E-state index in [1.165, 1.54) is 4.90 Å². The van der Waals surface area contributed by atoms with Crippen LogP contribution < -0.4 is 31.3 Å². The second-order valence-electron chi connectivity index (χ2n) is 22.4. The summed E-state index contributed by atoms with van der Waals surface area (Å²) < 4.78 is 18.1. The molecule has 1 saturated carbocycles. The van der Waals surface area contributed by atoms with Crippen molar-refractivity contribution >= 4 is 58.2 Å². The number of rotatable bonds is 21. The minimum absolute atomic E-state index is 0.0128. The number of nitrogens with zero attached hydrogens (tertiary/aromatic N) is 3. The van der Waals surface area contributed by atoms with Crippen LogP contribution in [0.2, 0.25) is 5.02 Å². The van der Waals surface area contributed by atoms with Crippen LogP contribution in [-0.4, -0.2) is 109 Å². The standard InChI is InChI=1S/C57H73ClN8O8S/c1-34(36-15-17-37(18-16-36)47-35(2)62-33-75-47)63-50(69)45-29-42(73-52(71)44-14-13-26-61-44)31-66(45)51(70)48(55(3,4)5)64-46(67)32-72-27-12-10-11-25-60-40-22-19-38(20-23-40)49(68)65-53-56(6,7)54(57(53,8)9)74-41-24-21-39(30-59)43(58)28-41/h15-24,28,33-34,42,44-45,48,53-54,60-61H,10-14,25-27,29,31-32H2,1-9H3,(H,63,69)(H,64,67)(H,65,68)/t34-,42?,44-,45-,48+,53?,54?/m0/s1. The van der Waals surface area contributed by atoms with Crippen LogP contribution in [-0.2, 0) is 28.7 Å². The predicted octanol–water partition coefficient (Wildman–Crippen LogP) is 8.53. The van der Waals surface area contributed by atoms with Gasteiger partial charge in [0.25, 0.3) is 5.91 Å². The Hall–Kier alpha value is -6.06. The molecule has 16 nitrogen and oxygen atoms in total. The highest BCUT2D eigenvalue weighted by molar-refractivity contribution is 7.13. The third-order valence-electron chi connectivity index (χ3n) is 14.8. The minimum Gasteiger partial charge on any atom is -0.489 e. The quantitative estimate of drug-likeness (QED) is 0.0393. The second-order valence-corrected chi connectivity index (χ2v) is 23.6. The molecule has 3 fully saturated rings. The number of carbonyl (C=O) groups excluding carboxylic acids is 5. The van der Waals surface area contributed by atoms with E-state index in [4.69, 9.17) is 25.8 Å². The minimum atomic E-state index is -0.998. The van der Waals surface area contributed by atoms with Crippen molar-refractivity contribution in [3.8, 4) is 22.3 Å². The van der Waals surface area contributed by atoms with Crippen LogP contribution in [0.1, 0.15) is 127 Å². The van der Waals surface area contributed by atoms with Gasteiger partial charge in [0.05, 0.1) is 39.3 Å². The van der Waals surface area contributed by atoms with Crippen LogP contribution in [0, 0.1) is 34.5 Å². The summed E-state index contributed by atoms with van der Waals surface area (Å²) in [7, 11) is 0. The van der Waals surface area contributed by atoms with Gasteiger partial charge >= 0.3 is 5.97 Å². The number of nitriles is 1. The molecular weight excluding hydrogens is 992 g/mol. The van der Waals surface area contributed by atoms with E-state index in [2.05, 4.69) is 65.3 Å². The molecule has 1 unspecified atom stereocenters. The fourth-order valence-electron chi connectivity index (χ4n) is 10.9. The molecular formula is C57H73ClN8O8S. The van der Waals surface area contributed by atoms with Gasteiger partial charge in [-0.15, -0.1) is 11.3 Å². The zero-order chi connectivity index (χ0) is 54.2. The predicted molar refractivity (Wildman–Crippen MR) is 290 cm³/mol. The third kappa shape index (κ3) is 13.7. The SMILES string of the molecule is Cc1ncsc1-c1ccc([C@H](C)NC(=O)[C@@H]2CC(OC(=O)[C@@H]3CCCN3)CN2C(=O)[C@@H](NC(=O)COCCCCCNc2ccc(C(=O)NC3C(C)(C)C(Oc4ccc(C#N)c(Cl)c4)C3(C)C)cc2)C(C)(C)C)cc1. The number of thiazole rings is 1. The van der Waals surface area contributed by atoms with Gasteiger partial charge in [0, 0.05) is 53.8 Å². The molecule has 2 saturated heterocycles. The highest BCUT2D eigenvalue weighted by Crippen LogP contribution is 2.55. The number of hydrogen-bond donors (Lipinski definition) is 5. The maximum absolute atomic E-state index is 14.6. The molecule has 402 valence electrons. The number of amides is 4. The molecule has 2 aliphatic heterocycles. The molecule has 4 amide bonds. The Kier molecular flexibility index (Phi) is 18.4. The van der Waals surface area contributed by atoms with Crippen LogP contribution in [0.15, 0.2) is 72.2 Å². The number of halogens is 1. The third-order valence-corrected chi connectivity index (χ3v) is 16.1. The van der Waals surface area contributed by atoms with Gasteiger partial charge in [-0.3, -0.25) is 24.0 Å². The fraction of sp³-hybridized carbons (Fsp3) is 0.526. The lowest BCUT2D eigenvalue weighted by Gasteiger charge is -2.63. The van der Waals surface area contributed by atoms with Crippen molar-refractivity contribution in [2.24, 2.45) is 16.2 Å². The molecule has 4 aromatic rings. The molecule has 18 heteroatoms. The van der Waals surface area contributed by atoms with E-state index < -0.39 is 47.4 Å². The molecule has 3 aromatic carbocycles. The lowest BCUT2D eigenvalue weighted by molar-refractivity contribution is -0.164. The maximum atomic E-state index is 14.6. The first-order valence-electron chi connectivity index (χ1n) is 26.0. The van der Waals surface area contributed by atoms with Crippen molar-refractivity contribution < 1.29 is 38.2 Å². The summed E-state index contributed by atoms with van der Waals surface area (Å²) >= 11 is 7.82. The summed E-state index contributed by atoms with van der Waals surface area (Å²) in [5.74, 6) is -1.25. The van der Waals surface area contributed by atoms with Gasteiger partial charge in [0.1, 0.15) is 48.8 Å². The number of hydrogen-bond acceptors (Lipinski definition) is 13. The van der Waals surface area contributed by atoms with E-state index >= 15 is 0 Å². The van der Waals surface area contributed by atoms with E-state index in [1.807, 2.05) is 76.5 Å². The van der Waals surface area contributed by atoms with Crippen molar-refractivity contribution in [2.75, 3.05) is 38.2 Å². The summed E-state index contributed by atoms with van der Waals surface area (Å²) in [6, 6.07) is 19.5. The van der Waals surface area contributed by atoms with Crippen LogP contribution in [0.25, 0.3) is 10.4 Å². The number of carbonyl (C=O) groups is 5. The molecule has 0 spiro atoms. The molecule has 1 aromatic heterocycles. The van der Waals surface area contributed by atoms with Gasteiger partial charge < -0.3 is 45.7 Å². The number of esters is 1. The first-order chi connectivity index (χ1) is 35.6. The van der Waals surface area contributed by atoms with Crippen LogP contribution >= 0.6 is 22.9 Å². The lowest BCUT2D eigenvalue weighted by atomic mass is 9.49. The molecule has 5 atom stereocenters. The first-order valence-corrected chi connectivity index (χ1v) is 27.3. The van der Waals surface area contributed by atoms with Crippen LogP contribution in [0.4, 0.5) is 5.69 Å². The van der Waals surface area contributed by atoms with Crippen molar-refractivity contribution in [1.82, 2.24) is 31.2 Å². The molecule has 3 aliphatic rings. The number of unbranched alkanes of at least 4 members (excludes halogenated alkanes) is 2. The Morgan fingerprint density at radius 3 is 2.32 bits per heavy atom. The highest BCUT2D eigenvalue weighted by atomic mass is 35.5. The number of aryl methyl sites for hydroxylation is 1. The first kappa shape index (κ1) is 56.7. The molecule has 7 rings (SSSR count). The average molecular weight is 1070 g/mol. The van der Waals surface area contributed by atoms with Crippen molar-refractivity contribution in [3.63, 3.8) is 0 Å². The van der Waals surface area contributed by atoms with Crippen molar-refractivity contribution in [1.29, 1.82) is 5.26 Å². The van der Waals surface area contributed by atoms with E-state index in [-0.39, 0.29) is 60.4 Å². The smallest absolute Gasteiger partial charge is 0.323 e. The molecule has 75 heavy (non-hydrogen) atoms. The lowest BCUT2D eigenvalue weighted by Crippen LogP contribution is -2.74. The average Bonchev–Trinajstić information content (AvgIpc) is 4.17. The van der Waals surface area contributed by atoms with E-state index in [1.54, 1.807) is 41.7 Å². The Balaban J connectivity index is 0.844. The van der Waals surface area contributed by atoms with E-state index in [0.717, 1.165) is 53.2 Å². The van der Waals surface area contributed by atoms with Gasteiger partial charge in [-0.1, -0.05) is 84.3 Å². The molecule has 0 bridgehead atoms. The summed E-state index contributed by atoms with van der Waals surface area (Å²) in [5, 5.41) is 25.4. The molecule has 3 heterocycles. The number of aromatic nitrogens is 1. The monoisotopic (exact) mass is 1060 g/mol. The van der Waals surface area contributed by atoms with Gasteiger partial charge in [-0.2, -0.15) is 5.26 Å².